The number of fused-ring (bicyclic) bond motifs is 4. The lowest BCUT2D eigenvalue weighted by atomic mass is 9.96. The van der Waals surface area contributed by atoms with E-state index >= 15 is 0 Å². The van der Waals surface area contributed by atoms with Crippen LogP contribution >= 0.6 is 0 Å². The van der Waals surface area contributed by atoms with E-state index in [4.69, 9.17) is 0 Å². The van der Waals surface area contributed by atoms with Gasteiger partial charge in [-0.2, -0.15) is 0 Å². The van der Waals surface area contributed by atoms with E-state index in [9.17, 15) is 13.2 Å². The Morgan fingerprint density at radius 2 is 1.91 bits per heavy atom. The summed E-state index contributed by atoms with van der Waals surface area (Å²) in [7, 11) is 2.14. The van der Waals surface area contributed by atoms with E-state index < -0.39 is 6.36 Å². The molecule has 3 heterocycles. The SMILES string of the molecule is CN1C[C@H]2CC[C@@H]1CN(Cc1ccccc1OC(F)(F)F)C2. The van der Waals surface area contributed by atoms with Crippen molar-refractivity contribution in [2.45, 2.75) is 31.8 Å². The zero-order chi connectivity index (χ0) is 15.7. The molecule has 2 bridgehead atoms. The monoisotopic (exact) mass is 314 g/mol. The van der Waals surface area contributed by atoms with E-state index in [1.54, 1.807) is 18.2 Å². The average Bonchev–Trinajstić information content (AvgIpc) is 2.69. The molecule has 122 valence electrons. The van der Waals surface area contributed by atoms with Crippen molar-refractivity contribution in [2.24, 2.45) is 5.92 Å². The fourth-order valence-electron chi connectivity index (χ4n) is 3.64. The number of rotatable bonds is 3. The van der Waals surface area contributed by atoms with E-state index in [1.807, 2.05) is 0 Å². The fraction of sp³-hybridized carbons (Fsp3) is 0.625. The van der Waals surface area contributed by atoms with Gasteiger partial charge in [0.2, 0.25) is 0 Å². The van der Waals surface area contributed by atoms with Crippen LogP contribution in [0.3, 0.4) is 0 Å². The highest BCUT2D eigenvalue weighted by molar-refractivity contribution is 5.33. The van der Waals surface area contributed by atoms with Gasteiger partial charge >= 0.3 is 6.36 Å². The van der Waals surface area contributed by atoms with Crippen molar-refractivity contribution >= 4 is 0 Å². The van der Waals surface area contributed by atoms with Gasteiger partial charge in [0.15, 0.2) is 0 Å². The topological polar surface area (TPSA) is 15.7 Å². The third-order valence-electron chi connectivity index (χ3n) is 4.66. The minimum Gasteiger partial charge on any atom is -0.405 e. The van der Waals surface area contributed by atoms with Gasteiger partial charge in [-0.1, -0.05) is 18.2 Å². The summed E-state index contributed by atoms with van der Waals surface area (Å²) in [5, 5.41) is 0. The second kappa shape index (κ2) is 6.08. The van der Waals surface area contributed by atoms with Gasteiger partial charge in [-0.3, -0.25) is 4.90 Å². The molecule has 4 rings (SSSR count). The van der Waals surface area contributed by atoms with Crippen LogP contribution in [0, 0.1) is 5.92 Å². The van der Waals surface area contributed by atoms with Gasteiger partial charge in [0.25, 0.3) is 0 Å². The average molecular weight is 314 g/mol. The lowest BCUT2D eigenvalue weighted by molar-refractivity contribution is -0.275. The van der Waals surface area contributed by atoms with E-state index in [1.165, 1.54) is 18.9 Å². The van der Waals surface area contributed by atoms with Crippen LogP contribution in [0.2, 0.25) is 0 Å². The number of halogens is 3. The van der Waals surface area contributed by atoms with Crippen LogP contribution in [0.1, 0.15) is 18.4 Å². The summed E-state index contributed by atoms with van der Waals surface area (Å²) in [6, 6.07) is 6.95. The lowest BCUT2D eigenvalue weighted by Crippen LogP contribution is -2.40. The Morgan fingerprint density at radius 3 is 2.64 bits per heavy atom. The van der Waals surface area contributed by atoms with E-state index in [-0.39, 0.29) is 5.75 Å². The normalized spacial score (nSPS) is 26.9. The second-order valence-corrected chi connectivity index (χ2v) is 6.39. The zero-order valence-corrected chi connectivity index (χ0v) is 12.6. The van der Waals surface area contributed by atoms with E-state index in [0.717, 1.165) is 19.6 Å². The smallest absolute Gasteiger partial charge is 0.405 e. The van der Waals surface area contributed by atoms with E-state index in [0.29, 0.717) is 24.1 Å². The molecule has 0 unspecified atom stereocenters. The summed E-state index contributed by atoms with van der Waals surface area (Å²) < 4.78 is 41.7. The van der Waals surface area contributed by atoms with Gasteiger partial charge < -0.3 is 9.64 Å². The first-order chi connectivity index (χ1) is 10.4. The summed E-state index contributed by atoms with van der Waals surface area (Å²) in [4.78, 5) is 4.65. The third-order valence-corrected chi connectivity index (χ3v) is 4.66. The van der Waals surface area contributed by atoms with Crippen LogP contribution in [0.4, 0.5) is 13.2 Å². The molecule has 3 nitrogen and oxygen atoms in total. The van der Waals surface area contributed by atoms with Crippen LogP contribution in [0.15, 0.2) is 24.3 Å². The number of hydrogen-bond donors (Lipinski definition) is 0. The number of nitrogens with zero attached hydrogens (tertiary/aromatic N) is 2. The standard InChI is InChI=1S/C16H21F3N2O/c1-20-8-12-6-7-14(20)11-21(9-12)10-13-4-2-3-5-15(13)22-16(17,18)19/h2-5,12,14H,6-11H2,1H3/t12-,14-/m1/s1. The minimum absolute atomic E-state index is 0.0834. The largest absolute Gasteiger partial charge is 0.573 e. The molecule has 3 saturated heterocycles. The number of piperidine rings is 1. The molecule has 3 fully saturated rings. The summed E-state index contributed by atoms with van der Waals surface area (Å²) >= 11 is 0. The second-order valence-electron chi connectivity index (χ2n) is 6.39. The van der Waals surface area contributed by atoms with Crippen molar-refractivity contribution in [1.29, 1.82) is 0 Å². The highest BCUT2D eigenvalue weighted by atomic mass is 19.4. The molecular weight excluding hydrogens is 293 g/mol. The fourth-order valence-corrected chi connectivity index (χ4v) is 3.64. The van der Waals surface area contributed by atoms with Crippen molar-refractivity contribution in [2.75, 3.05) is 26.7 Å². The number of para-hydroxylation sites is 1. The molecule has 0 radical (unpaired) electrons. The quantitative estimate of drug-likeness (QED) is 0.852. The summed E-state index contributed by atoms with van der Waals surface area (Å²) in [5.74, 6) is 0.527. The molecule has 3 aliphatic heterocycles. The van der Waals surface area contributed by atoms with Crippen LogP contribution in [0.25, 0.3) is 0 Å². The van der Waals surface area contributed by atoms with Crippen molar-refractivity contribution in [3.05, 3.63) is 29.8 Å². The maximum atomic E-state index is 12.5. The molecule has 0 aromatic heterocycles. The minimum atomic E-state index is -4.64. The molecule has 3 aliphatic rings. The maximum absolute atomic E-state index is 12.5. The van der Waals surface area contributed by atoms with Gasteiger partial charge in [0.1, 0.15) is 5.75 Å². The number of likely N-dealkylation sites (N-methyl/N-ethyl adjacent to an activating group) is 1. The highest BCUT2D eigenvalue weighted by Crippen LogP contribution is 2.30. The summed E-state index contributed by atoms with van der Waals surface area (Å²) in [6.07, 6.45) is -2.25. The number of hydrogen-bond acceptors (Lipinski definition) is 3. The molecule has 0 saturated carbocycles. The lowest BCUT2D eigenvalue weighted by Gasteiger charge is -2.32. The summed E-state index contributed by atoms with van der Waals surface area (Å²) in [5.41, 5.74) is 0.601. The summed E-state index contributed by atoms with van der Waals surface area (Å²) in [6.45, 7) is 3.45. The van der Waals surface area contributed by atoms with Crippen LogP contribution in [-0.4, -0.2) is 48.9 Å². The Morgan fingerprint density at radius 1 is 1.14 bits per heavy atom. The van der Waals surface area contributed by atoms with Crippen molar-refractivity contribution < 1.29 is 17.9 Å². The van der Waals surface area contributed by atoms with E-state index in [2.05, 4.69) is 21.6 Å². The van der Waals surface area contributed by atoms with Gasteiger partial charge in [-0.05, 0) is 31.9 Å². The molecule has 6 heteroatoms. The molecule has 0 N–H and O–H groups in total. The Labute approximate surface area is 128 Å². The van der Waals surface area contributed by atoms with Crippen LogP contribution in [-0.2, 0) is 6.54 Å². The first kappa shape index (κ1) is 15.6. The molecule has 0 spiro atoms. The Kier molecular flexibility index (Phi) is 4.32. The van der Waals surface area contributed by atoms with Crippen LogP contribution < -0.4 is 4.74 Å². The predicted molar refractivity (Wildman–Crippen MR) is 77.5 cm³/mol. The Balaban J connectivity index is 1.73. The van der Waals surface area contributed by atoms with Gasteiger partial charge in [0.05, 0.1) is 0 Å². The van der Waals surface area contributed by atoms with Gasteiger partial charge in [-0.25, -0.2) is 0 Å². The third kappa shape index (κ3) is 3.73. The maximum Gasteiger partial charge on any atom is 0.573 e. The number of benzene rings is 1. The first-order valence-corrected chi connectivity index (χ1v) is 7.67. The Bertz CT molecular complexity index is 520. The molecule has 0 amide bonds. The van der Waals surface area contributed by atoms with Gasteiger partial charge in [0, 0.05) is 37.8 Å². The first-order valence-electron chi connectivity index (χ1n) is 7.67. The molecule has 0 aliphatic carbocycles. The molecule has 1 aromatic rings. The van der Waals surface area contributed by atoms with Gasteiger partial charge in [-0.15, -0.1) is 13.2 Å². The zero-order valence-electron chi connectivity index (χ0n) is 12.6. The molecule has 22 heavy (non-hydrogen) atoms. The number of ether oxygens (including phenoxy) is 1. The predicted octanol–water partition coefficient (Wildman–Crippen LogP) is 3.11. The molecular formula is C16H21F3N2O. The van der Waals surface area contributed by atoms with Crippen LogP contribution in [0.5, 0.6) is 5.75 Å². The highest BCUT2D eigenvalue weighted by Gasteiger charge is 2.34. The van der Waals surface area contributed by atoms with Crippen molar-refractivity contribution in [3.8, 4) is 5.75 Å². The van der Waals surface area contributed by atoms with Crippen molar-refractivity contribution in [3.63, 3.8) is 0 Å². The number of alkyl halides is 3. The molecule has 2 atom stereocenters. The van der Waals surface area contributed by atoms with Crippen molar-refractivity contribution in [1.82, 2.24) is 9.80 Å². The molecule has 1 aromatic carbocycles. The Hall–Kier alpha value is -1.27.